The largest absolute Gasteiger partial charge is 0.497 e. The van der Waals surface area contributed by atoms with Crippen molar-refractivity contribution in [2.45, 2.75) is 38.5 Å². The summed E-state index contributed by atoms with van der Waals surface area (Å²) in [5.41, 5.74) is 2.85. The second-order valence-corrected chi connectivity index (χ2v) is 7.11. The predicted octanol–water partition coefficient (Wildman–Crippen LogP) is 3.00. The van der Waals surface area contributed by atoms with Crippen LogP contribution in [0.5, 0.6) is 5.75 Å². The van der Waals surface area contributed by atoms with E-state index in [1.807, 2.05) is 43.7 Å². The number of anilines is 1. The Hall–Kier alpha value is -2.60. The first-order valence-corrected chi connectivity index (χ1v) is 8.98. The number of fused-ring (bicyclic) bond motifs is 1. The topological polar surface area (TPSA) is 72.2 Å². The second kappa shape index (κ2) is 6.96. The highest BCUT2D eigenvalue weighted by Crippen LogP contribution is 2.33. The smallest absolute Gasteiger partial charge is 0.121 e. The van der Waals surface area contributed by atoms with Crippen molar-refractivity contribution in [3.63, 3.8) is 0 Å². The standard InChI is InChI=1S/C20H24N4O2/c1-13-7-17(16-4-3-15(26-2)10-18(16)22-13)23-19-8-14(9-20(19)25)11-24-6-5-21-12-24/h3-7,10,12,14,19-20,25H,8-9,11H2,1-2H3,(H,22,23)/t14?,19-,20-/m1/s1. The summed E-state index contributed by atoms with van der Waals surface area (Å²) in [6.07, 6.45) is 6.97. The number of pyridine rings is 1. The molecule has 0 saturated heterocycles. The molecular weight excluding hydrogens is 328 g/mol. The van der Waals surface area contributed by atoms with Gasteiger partial charge in [0.1, 0.15) is 5.75 Å². The number of rotatable bonds is 5. The molecule has 0 bridgehead atoms. The van der Waals surface area contributed by atoms with Gasteiger partial charge in [0.25, 0.3) is 0 Å². The number of nitrogens with one attached hydrogen (secondary N) is 1. The molecule has 2 heterocycles. The molecule has 2 N–H and O–H groups in total. The SMILES string of the molecule is COc1ccc2c(N[C@@H]3CC(Cn4ccnc4)C[C@H]3O)cc(C)nc2c1. The Morgan fingerprint density at radius 3 is 2.96 bits per heavy atom. The fourth-order valence-corrected chi connectivity index (χ4v) is 3.90. The van der Waals surface area contributed by atoms with Gasteiger partial charge in [-0.2, -0.15) is 0 Å². The van der Waals surface area contributed by atoms with Gasteiger partial charge < -0.3 is 19.7 Å². The molecule has 1 saturated carbocycles. The van der Waals surface area contributed by atoms with Gasteiger partial charge >= 0.3 is 0 Å². The van der Waals surface area contributed by atoms with Crippen molar-refractivity contribution in [3.8, 4) is 5.75 Å². The van der Waals surface area contributed by atoms with Gasteiger partial charge in [-0.15, -0.1) is 0 Å². The van der Waals surface area contributed by atoms with E-state index in [0.717, 1.165) is 47.4 Å². The number of benzene rings is 1. The molecule has 0 radical (unpaired) electrons. The van der Waals surface area contributed by atoms with Crippen molar-refractivity contribution in [3.05, 3.63) is 48.7 Å². The Balaban J connectivity index is 1.55. The lowest BCUT2D eigenvalue weighted by molar-refractivity contribution is 0.166. The predicted molar refractivity (Wildman–Crippen MR) is 101 cm³/mol. The van der Waals surface area contributed by atoms with Crippen LogP contribution in [0, 0.1) is 12.8 Å². The fraction of sp³-hybridized carbons (Fsp3) is 0.400. The molecule has 4 rings (SSSR count). The molecule has 1 fully saturated rings. The molecule has 3 aromatic rings. The molecule has 1 aliphatic carbocycles. The Morgan fingerprint density at radius 2 is 2.19 bits per heavy atom. The number of aliphatic hydroxyl groups excluding tert-OH is 1. The summed E-state index contributed by atoms with van der Waals surface area (Å²) < 4.78 is 7.39. The third-order valence-corrected chi connectivity index (χ3v) is 5.14. The monoisotopic (exact) mass is 352 g/mol. The Morgan fingerprint density at radius 1 is 1.31 bits per heavy atom. The maximum atomic E-state index is 10.5. The first kappa shape index (κ1) is 16.8. The highest BCUT2D eigenvalue weighted by Gasteiger charge is 2.33. The number of aliphatic hydroxyl groups is 1. The van der Waals surface area contributed by atoms with Gasteiger partial charge in [-0.05, 0) is 43.9 Å². The maximum Gasteiger partial charge on any atom is 0.121 e. The van der Waals surface area contributed by atoms with Gasteiger partial charge in [0.15, 0.2) is 0 Å². The average Bonchev–Trinajstić information content (AvgIpc) is 3.24. The van der Waals surface area contributed by atoms with E-state index >= 15 is 0 Å². The molecule has 26 heavy (non-hydrogen) atoms. The minimum absolute atomic E-state index is 0.0376. The Bertz CT molecular complexity index is 894. The van der Waals surface area contributed by atoms with Gasteiger partial charge in [0.05, 0.1) is 31.1 Å². The van der Waals surface area contributed by atoms with Crippen molar-refractivity contribution >= 4 is 16.6 Å². The quantitative estimate of drug-likeness (QED) is 0.738. The molecule has 1 aromatic carbocycles. The summed E-state index contributed by atoms with van der Waals surface area (Å²) in [4.78, 5) is 8.71. The van der Waals surface area contributed by atoms with Crippen LogP contribution < -0.4 is 10.1 Å². The molecule has 0 amide bonds. The molecule has 3 atom stereocenters. The van der Waals surface area contributed by atoms with E-state index in [9.17, 15) is 5.11 Å². The summed E-state index contributed by atoms with van der Waals surface area (Å²) in [5.74, 6) is 1.23. The van der Waals surface area contributed by atoms with Crippen LogP contribution in [-0.2, 0) is 6.54 Å². The Labute approximate surface area is 152 Å². The van der Waals surface area contributed by atoms with Gasteiger partial charge in [0.2, 0.25) is 0 Å². The summed E-state index contributed by atoms with van der Waals surface area (Å²) in [6.45, 7) is 2.87. The third-order valence-electron chi connectivity index (χ3n) is 5.14. The zero-order valence-corrected chi connectivity index (χ0v) is 15.1. The number of hydrogen-bond acceptors (Lipinski definition) is 5. The summed E-state index contributed by atoms with van der Waals surface area (Å²) in [5, 5.41) is 15.2. The van der Waals surface area contributed by atoms with Gasteiger partial charge in [-0.1, -0.05) is 0 Å². The lowest BCUT2D eigenvalue weighted by Gasteiger charge is -2.20. The van der Waals surface area contributed by atoms with Crippen molar-refractivity contribution in [2.75, 3.05) is 12.4 Å². The molecule has 2 aromatic heterocycles. The molecule has 6 nitrogen and oxygen atoms in total. The molecule has 136 valence electrons. The summed E-state index contributed by atoms with van der Waals surface area (Å²) in [6, 6.07) is 7.99. The summed E-state index contributed by atoms with van der Waals surface area (Å²) >= 11 is 0. The number of aromatic nitrogens is 3. The van der Waals surface area contributed by atoms with E-state index in [1.165, 1.54) is 0 Å². The minimum Gasteiger partial charge on any atom is -0.497 e. The van der Waals surface area contributed by atoms with Crippen LogP contribution in [-0.4, -0.2) is 38.9 Å². The second-order valence-electron chi connectivity index (χ2n) is 7.11. The zero-order valence-electron chi connectivity index (χ0n) is 15.1. The lowest BCUT2D eigenvalue weighted by Crippen LogP contribution is -2.28. The van der Waals surface area contributed by atoms with Crippen molar-refractivity contribution in [2.24, 2.45) is 5.92 Å². The number of hydrogen-bond donors (Lipinski definition) is 2. The highest BCUT2D eigenvalue weighted by atomic mass is 16.5. The first-order chi connectivity index (χ1) is 12.6. The number of nitrogens with zero attached hydrogens (tertiary/aromatic N) is 3. The van der Waals surface area contributed by atoms with E-state index in [-0.39, 0.29) is 12.1 Å². The van der Waals surface area contributed by atoms with E-state index in [4.69, 9.17) is 4.74 Å². The average molecular weight is 352 g/mol. The third kappa shape index (κ3) is 3.37. The van der Waals surface area contributed by atoms with E-state index in [1.54, 1.807) is 13.3 Å². The zero-order chi connectivity index (χ0) is 18.1. The van der Waals surface area contributed by atoms with E-state index < -0.39 is 0 Å². The molecule has 6 heteroatoms. The number of ether oxygens (including phenoxy) is 1. The van der Waals surface area contributed by atoms with E-state index in [0.29, 0.717) is 5.92 Å². The lowest BCUT2D eigenvalue weighted by atomic mass is 10.1. The first-order valence-electron chi connectivity index (χ1n) is 8.98. The van der Waals surface area contributed by atoms with Crippen LogP contribution in [0.25, 0.3) is 10.9 Å². The number of aryl methyl sites for hydroxylation is 1. The normalized spacial score (nSPS) is 22.7. The van der Waals surface area contributed by atoms with Crippen LogP contribution in [0.3, 0.4) is 0 Å². The maximum absolute atomic E-state index is 10.5. The number of imidazole rings is 1. The van der Waals surface area contributed by atoms with Crippen LogP contribution in [0.1, 0.15) is 18.5 Å². The minimum atomic E-state index is -0.356. The molecule has 1 unspecified atom stereocenters. The van der Waals surface area contributed by atoms with Gasteiger partial charge in [-0.25, -0.2) is 4.98 Å². The van der Waals surface area contributed by atoms with Gasteiger partial charge in [0, 0.05) is 41.8 Å². The Kier molecular flexibility index (Phi) is 4.51. The van der Waals surface area contributed by atoms with Crippen LogP contribution >= 0.6 is 0 Å². The van der Waals surface area contributed by atoms with Crippen LogP contribution in [0.4, 0.5) is 5.69 Å². The number of methoxy groups -OCH3 is 1. The van der Waals surface area contributed by atoms with Crippen molar-refractivity contribution in [1.29, 1.82) is 0 Å². The van der Waals surface area contributed by atoms with Crippen molar-refractivity contribution < 1.29 is 9.84 Å². The van der Waals surface area contributed by atoms with Crippen LogP contribution in [0.15, 0.2) is 43.0 Å². The fourth-order valence-electron chi connectivity index (χ4n) is 3.90. The molecule has 0 spiro atoms. The van der Waals surface area contributed by atoms with E-state index in [2.05, 4.69) is 19.9 Å². The van der Waals surface area contributed by atoms with Gasteiger partial charge in [-0.3, -0.25) is 4.98 Å². The summed E-state index contributed by atoms with van der Waals surface area (Å²) in [7, 11) is 1.66. The molecule has 1 aliphatic rings. The molecule has 0 aliphatic heterocycles. The van der Waals surface area contributed by atoms with Crippen LogP contribution in [0.2, 0.25) is 0 Å². The van der Waals surface area contributed by atoms with Crippen molar-refractivity contribution in [1.82, 2.24) is 14.5 Å². The molecular formula is C20H24N4O2. The highest BCUT2D eigenvalue weighted by molar-refractivity contribution is 5.92.